The Balaban J connectivity index is 1.96. The number of esters is 1. The topological polar surface area (TPSA) is 78.4 Å². The van der Waals surface area contributed by atoms with Gasteiger partial charge in [-0.2, -0.15) is 0 Å². The van der Waals surface area contributed by atoms with Gasteiger partial charge in [0.1, 0.15) is 5.58 Å². The Bertz CT molecular complexity index is 696. The average molecular weight is 258 g/mol. The summed E-state index contributed by atoms with van der Waals surface area (Å²) < 4.78 is 15.6. The zero-order valence-corrected chi connectivity index (χ0v) is 10.1. The van der Waals surface area contributed by atoms with Crippen molar-refractivity contribution in [1.29, 1.82) is 0 Å². The van der Waals surface area contributed by atoms with Crippen molar-refractivity contribution in [2.75, 3.05) is 6.61 Å². The number of nitrogens with zero attached hydrogens (tertiary/aromatic N) is 2. The summed E-state index contributed by atoms with van der Waals surface area (Å²) >= 11 is 0. The van der Waals surface area contributed by atoms with Crippen molar-refractivity contribution in [3.63, 3.8) is 0 Å². The summed E-state index contributed by atoms with van der Waals surface area (Å²) in [6, 6.07) is 9.29. The second kappa shape index (κ2) is 4.56. The number of fused-ring (bicyclic) bond motifs is 1. The van der Waals surface area contributed by atoms with Crippen molar-refractivity contribution in [2.45, 2.75) is 6.92 Å². The van der Waals surface area contributed by atoms with Crippen molar-refractivity contribution in [3.8, 4) is 11.7 Å². The van der Waals surface area contributed by atoms with Gasteiger partial charge < -0.3 is 13.6 Å². The van der Waals surface area contributed by atoms with Crippen LogP contribution >= 0.6 is 0 Å². The van der Waals surface area contributed by atoms with Crippen LogP contribution < -0.4 is 0 Å². The Morgan fingerprint density at radius 2 is 2.11 bits per heavy atom. The molecule has 0 aliphatic heterocycles. The van der Waals surface area contributed by atoms with E-state index in [9.17, 15) is 4.79 Å². The first-order valence-corrected chi connectivity index (χ1v) is 5.77. The lowest BCUT2D eigenvalue weighted by Gasteiger charge is -1.93. The summed E-state index contributed by atoms with van der Waals surface area (Å²) in [7, 11) is 0. The molecule has 0 saturated carbocycles. The van der Waals surface area contributed by atoms with E-state index in [1.807, 2.05) is 24.3 Å². The second-order valence-corrected chi connectivity index (χ2v) is 3.78. The highest BCUT2D eigenvalue weighted by atomic mass is 16.5. The van der Waals surface area contributed by atoms with Crippen LogP contribution in [-0.2, 0) is 4.74 Å². The molecule has 0 radical (unpaired) electrons. The molecule has 0 amide bonds. The van der Waals surface area contributed by atoms with Gasteiger partial charge in [-0.15, -0.1) is 10.2 Å². The maximum absolute atomic E-state index is 11.4. The molecule has 0 aliphatic carbocycles. The highest BCUT2D eigenvalue weighted by molar-refractivity contribution is 5.85. The molecular formula is C13H10N2O4. The number of aromatic nitrogens is 2. The monoisotopic (exact) mass is 258 g/mol. The van der Waals surface area contributed by atoms with Crippen LogP contribution in [0, 0.1) is 0 Å². The highest BCUT2D eigenvalue weighted by Gasteiger charge is 2.19. The number of para-hydroxylation sites is 1. The minimum Gasteiger partial charge on any atom is -0.459 e. The maximum Gasteiger partial charge on any atom is 0.396 e. The van der Waals surface area contributed by atoms with Gasteiger partial charge in [-0.05, 0) is 19.1 Å². The average Bonchev–Trinajstić information content (AvgIpc) is 3.05. The van der Waals surface area contributed by atoms with Crippen LogP contribution in [0.1, 0.15) is 17.6 Å². The van der Waals surface area contributed by atoms with E-state index in [0.29, 0.717) is 11.3 Å². The van der Waals surface area contributed by atoms with E-state index in [4.69, 9.17) is 13.6 Å². The molecule has 0 bridgehead atoms. The molecule has 0 N–H and O–H groups in total. The van der Waals surface area contributed by atoms with Gasteiger partial charge in [0.2, 0.25) is 0 Å². The van der Waals surface area contributed by atoms with Crippen LogP contribution in [0.4, 0.5) is 0 Å². The minimum absolute atomic E-state index is 0.152. The highest BCUT2D eigenvalue weighted by Crippen LogP contribution is 2.26. The second-order valence-electron chi connectivity index (χ2n) is 3.78. The largest absolute Gasteiger partial charge is 0.459 e. The van der Waals surface area contributed by atoms with Gasteiger partial charge in [-0.25, -0.2) is 4.79 Å². The molecule has 0 saturated heterocycles. The van der Waals surface area contributed by atoms with Crippen LogP contribution in [-0.4, -0.2) is 22.8 Å². The Morgan fingerprint density at radius 3 is 2.89 bits per heavy atom. The lowest BCUT2D eigenvalue weighted by molar-refractivity contribution is 0.0481. The summed E-state index contributed by atoms with van der Waals surface area (Å²) in [5.74, 6) is -0.252. The molecule has 3 rings (SSSR count). The molecule has 2 heterocycles. The van der Waals surface area contributed by atoms with Crippen LogP contribution in [0.3, 0.4) is 0 Å². The van der Waals surface area contributed by atoms with Gasteiger partial charge in [0.25, 0.3) is 5.89 Å². The molecule has 3 aromatic rings. The fourth-order valence-electron chi connectivity index (χ4n) is 1.69. The smallest absolute Gasteiger partial charge is 0.396 e. The summed E-state index contributed by atoms with van der Waals surface area (Å²) in [5, 5.41) is 8.33. The third-order valence-electron chi connectivity index (χ3n) is 2.51. The minimum atomic E-state index is -0.641. The van der Waals surface area contributed by atoms with Crippen LogP contribution in [0.15, 0.2) is 39.2 Å². The molecule has 0 spiro atoms. The first-order valence-electron chi connectivity index (χ1n) is 5.77. The Hall–Kier alpha value is -2.63. The standard InChI is InChI=1S/C13H10N2O4/c1-2-17-13(16)12-15-14-11(19-12)10-7-8-5-3-4-6-9(8)18-10/h3-7H,2H2,1H3. The fraction of sp³-hybridized carbons (Fsp3) is 0.154. The van der Waals surface area contributed by atoms with E-state index in [1.165, 1.54) is 0 Å². The summed E-state index contributed by atoms with van der Waals surface area (Å²) in [6.07, 6.45) is 0. The summed E-state index contributed by atoms with van der Waals surface area (Å²) in [4.78, 5) is 11.4. The van der Waals surface area contributed by atoms with E-state index in [2.05, 4.69) is 10.2 Å². The first-order chi connectivity index (χ1) is 9.28. The number of carbonyl (C=O) groups is 1. The van der Waals surface area contributed by atoms with E-state index >= 15 is 0 Å². The third kappa shape index (κ3) is 2.08. The molecule has 6 heteroatoms. The fourth-order valence-corrected chi connectivity index (χ4v) is 1.69. The normalized spacial score (nSPS) is 10.8. The predicted molar refractivity (Wildman–Crippen MR) is 65.5 cm³/mol. The van der Waals surface area contributed by atoms with E-state index in [1.54, 1.807) is 13.0 Å². The van der Waals surface area contributed by atoms with Crippen molar-refractivity contribution in [1.82, 2.24) is 10.2 Å². The van der Waals surface area contributed by atoms with Gasteiger partial charge in [0, 0.05) is 5.39 Å². The molecule has 0 unspecified atom stereocenters. The molecule has 6 nitrogen and oxygen atoms in total. The Labute approximate surface area is 108 Å². The lowest BCUT2D eigenvalue weighted by Crippen LogP contribution is -2.04. The van der Waals surface area contributed by atoms with Gasteiger partial charge >= 0.3 is 11.9 Å². The number of carbonyl (C=O) groups excluding carboxylic acids is 1. The zero-order valence-electron chi connectivity index (χ0n) is 10.1. The number of benzene rings is 1. The molecule has 0 atom stereocenters. The Morgan fingerprint density at radius 1 is 1.26 bits per heavy atom. The lowest BCUT2D eigenvalue weighted by atomic mass is 10.2. The van der Waals surface area contributed by atoms with Crippen molar-refractivity contribution in [2.24, 2.45) is 0 Å². The predicted octanol–water partition coefficient (Wildman–Crippen LogP) is 2.66. The number of hydrogen-bond donors (Lipinski definition) is 0. The van der Waals surface area contributed by atoms with E-state index in [-0.39, 0.29) is 18.4 Å². The third-order valence-corrected chi connectivity index (χ3v) is 2.51. The van der Waals surface area contributed by atoms with Gasteiger partial charge in [0.05, 0.1) is 6.61 Å². The number of rotatable bonds is 3. The molecule has 0 fully saturated rings. The number of ether oxygens (including phenoxy) is 1. The van der Waals surface area contributed by atoms with Crippen LogP contribution in [0.25, 0.3) is 22.6 Å². The van der Waals surface area contributed by atoms with Crippen molar-refractivity contribution >= 4 is 16.9 Å². The van der Waals surface area contributed by atoms with Crippen LogP contribution in [0.5, 0.6) is 0 Å². The van der Waals surface area contributed by atoms with Crippen molar-refractivity contribution in [3.05, 3.63) is 36.2 Å². The van der Waals surface area contributed by atoms with Gasteiger partial charge in [0.15, 0.2) is 5.76 Å². The van der Waals surface area contributed by atoms with E-state index < -0.39 is 5.97 Å². The molecule has 2 aromatic heterocycles. The molecule has 96 valence electrons. The zero-order chi connectivity index (χ0) is 13.2. The van der Waals surface area contributed by atoms with Gasteiger partial charge in [-0.1, -0.05) is 18.2 Å². The SMILES string of the molecule is CCOC(=O)c1nnc(-c2cc3ccccc3o2)o1. The molecule has 19 heavy (non-hydrogen) atoms. The van der Waals surface area contributed by atoms with Crippen molar-refractivity contribution < 1.29 is 18.4 Å². The van der Waals surface area contributed by atoms with Crippen LogP contribution in [0.2, 0.25) is 0 Å². The summed E-state index contributed by atoms with van der Waals surface area (Å²) in [5.41, 5.74) is 0.716. The molecule has 1 aromatic carbocycles. The first kappa shape index (κ1) is 11.5. The quantitative estimate of drug-likeness (QED) is 0.672. The Kier molecular flexibility index (Phi) is 2.75. The molecular weight excluding hydrogens is 248 g/mol. The number of hydrogen-bond acceptors (Lipinski definition) is 6. The van der Waals surface area contributed by atoms with Gasteiger partial charge in [-0.3, -0.25) is 0 Å². The maximum atomic E-state index is 11.4. The summed E-state index contributed by atoms with van der Waals surface area (Å²) in [6.45, 7) is 1.95. The van der Waals surface area contributed by atoms with E-state index in [0.717, 1.165) is 5.39 Å². The molecule has 0 aliphatic rings. The number of furan rings is 1.